The van der Waals surface area contributed by atoms with Gasteiger partial charge in [0.1, 0.15) is 6.54 Å². The maximum atomic E-state index is 15.9. The molecule has 2 atom stereocenters. The molecule has 3 N–H and O–H groups in total. The first-order valence-corrected chi connectivity index (χ1v) is 15.4. The zero-order valence-electron chi connectivity index (χ0n) is 25.5. The van der Waals surface area contributed by atoms with Gasteiger partial charge in [0.05, 0.1) is 12.5 Å². The number of nitrogens with zero attached hydrogens (tertiary/aromatic N) is 1. The fourth-order valence-corrected chi connectivity index (χ4v) is 5.69. The van der Waals surface area contributed by atoms with Gasteiger partial charge in [-0.1, -0.05) is 81.8 Å². The lowest BCUT2D eigenvalue weighted by atomic mass is 9.83. The number of aryl methyl sites for hydroxylation is 1. The third-order valence-corrected chi connectivity index (χ3v) is 7.69. The van der Waals surface area contributed by atoms with E-state index in [2.05, 4.69) is 50.4 Å². The van der Waals surface area contributed by atoms with Gasteiger partial charge in [-0.2, -0.15) is 4.98 Å². The number of halogens is 2. The molecule has 2 aliphatic heterocycles. The molecule has 2 aromatic rings. The van der Waals surface area contributed by atoms with Crippen molar-refractivity contribution in [2.75, 3.05) is 26.2 Å². The first-order chi connectivity index (χ1) is 20.6. The van der Waals surface area contributed by atoms with Crippen LogP contribution in [0.2, 0.25) is 5.15 Å². The minimum Gasteiger partial charge on any atom is -0.342 e. The minimum atomic E-state index is -1.82. The van der Waals surface area contributed by atoms with E-state index in [9.17, 15) is 4.79 Å². The maximum Gasteiger partial charge on any atom is 0.273 e. The molecular formula is C36H51ClFN3O+2. The second-order valence-corrected chi connectivity index (χ2v) is 10.7. The van der Waals surface area contributed by atoms with Gasteiger partial charge in [0, 0.05) is 31.1 Å². The summed E-state index contributed by atoms with van der Waals surface area (Å²) >= 11 is 6.08. The number of likely N-dealkylation sites (tertiary alicyclic amines) is 1. The minimum absolute atomic E-state index is 0.210. The molecule has 6 heteroatoms. The molecule has 5 rings (SSSR count). The second kappa shape index (κ2) is 24.3. The van der Waals surface area contributed by atoms with Crippen molar-refractivity contribution in [3.05, 3.63) is 64.9 Å². The zero-order valence-corrected chi connectivity index (χ0v) is 26.2. The molecule has 1 saturated carbocycles. The number of aromatic amines is 1. The third kappa shape index (κ3) is 13.1. The van der Waals surface area contributed by atoms with Crippen LogP contribution in [0.25, 0.3) is 0 Å². The van der Waals surface area contributed by atoms with Gasteiger partial charge in [-0.3, -0.25) is 4.79 Å². The van der Waals surface area contributed by atoms with E-state index in [1.807, 2.05) is 47.8 Å². The van der Waals surface area contributed by atoms with Gasteiger partial charge < -0.3 is 10.2 Å². The standard InChI is InChI=1S/C18H25ClFN3O.C6H12.C6H6.3C2H2/c1-2-6-15-13(7-8-16(19)22-15)14-11-21-12-18(14,20)17(24)23-9-4-3-5-10-23;2*1-2-4-6-5-3-1;3*1-2/h7-8,14,21H,2-6,9-12H2,1H3;1-6H2;1-6H;3*1-2H/p+2/t14-,18?;;;;;/m0...../s1. The van der Waals surface area contributed by atoms with E-state index in [4.69, 9.17) is 11.6 Å². The van der Waals surface area contributed by atoms with Gasteiger partial charge >= 0.3 is 0 Å². The Kier molecular flexibility index (Phi) is 22.4. The number of alkyl halides is 1. The van der Waals surface area contributed by atoms with E-state index >= 15 is 4.39 Å². The predicted octanol–water partition coefficient (Wildman–Crippen LogP) is 6.26. The Balaban J connectivity index is 0.000000760. The molecule has 1 aliphatic carbocycles. The van der Waals surface area contributed by atoms with Crippen molar-refractivity contribution >= 4 is 17.5 Å². The van der Waals surface area contributed by atoms with Crippen LogP contribution in [-0.4, -0.2) is 42.7 Å². The number of hydrogen-bond donors (Lipinski definition) is 1. The zero-order chi connectivity index (χ0) is 31.6. The third-order valence-electron chi connectivity index (χ3n) is 7.46. The molecule has 4 nitrogen and oxygen atoms in total. The van der Waals surface area contributed by atoms with Crippen molar-refractivity contribution in [3.8, 4) is 38.5 Å². The molecule has 3 fully saturated rings. The summed E-state index contributed by atoms with van der Waals surface area (Å²) in [5, 5.41) is 2.48. The summed E-state index contributed by atoms with van der Waals surface area (Å²) < 4.78 is 15.9. The maximum absolute atomic E-state index is 15.9. The highest BCUT2D eigenvalue weighted by atomic mass is 35.5. The summed E-state index contributed by atoms with van der Waals surface area (Å²) in [5.74, 6) is -0.736. The van der Waals surface area contributed by atoms with Crippen LogP contribution < -0.4 is 10.3 Å². The Morgan fingerprint density at radius 1 is 0.881 bits per heavy atom. The molecule has 0 spiro atoms. The molecule has 1 aromatic heterocycles. The second-order valence-electron chi connectivity index (χ2n) is 10.3. The molecule has 1 unspecified atom stereocenters. The number of carbonyl (C=O) groups is 1. The number of amides is 1. The molecule has 42 heavy (non-hydrogen) atoms. The van der Waals surface area contributed by atoms with Crippen LogP contribution >= 0.6 is 11.6 Å². The lowest BCUT2D eigenvalue weighted by Gasteiger charge is -2.33. The van der Waals surface area contributed by atoms with Crippen LogP contribution in [0, 0.1) is 38.5 Å². The molecule has 3 heterocycles. The molecular weight excluding hydrogens is 545 g/mol. The Labute approximate surface area is 260 Å². The smallest absolute Gasteiger partial charge is 0.273 e. The number of quaternary nitrogens is 1. The van der Waals surface area contributed by atoms with Crippen LogP contribution in [0.15, 0.2) is 48.5 Å². The van der Waals surface area contributed by atoms with Gasteiger partial charge in [-0.15, -0.1) is 38.5 Å². The van der Waals surface area contributed by atoms with Crippen molar-refractivity contribution in [2.45, 2.75) is 89.1 Å². The summed E-state index contributed by atoms with van der Waals surface area (Å²) in [7, 11) is 0. The number of H-pyrrole nitrogens is 1. The average Bonchev–Trinajstić information content (AvgIpc) is 3.48. The number of pyridine rings is 1. The Hall–Kier alpha value is -3.30. The van der Waals surface area contributed by atoms with E-state index in [0.29, 0.717) is 24.8 Å². The monoisotopic (exact) mass is 595 g/mol. The number of hydrogen-bond acceptors (Lipinski definition) is 1. The van der Waals surface area contributed by atoms with Crippen LogP contribution in [0.3, 0.4) is 0 Å². The van der Waals surface area contributed by atoms with E-state index < -0.39 is 11.6 Å². The summed E-state index contributed by atoms with van der Waals surface area (Å²) in [6.07, 6.45) is 37.8. The quantitative estimate of drug-likeness (QED) is 0.329. The van der Waals surface area contributed by atoms with Crippen LogP contribution in [0.4, 0.5) is 4.39 Å². The molecule has 0 radical (unpaired) electrons. The average molecular weight is 596 g/mol. The van der Waals surface area contributed by atoms with Gasteiger partial charge in [-0.25, -0.2) is 4.39 Å². The highest BCUT2D eigenvalue weighted by Crippen LogP contribution is 2.36. The normalized spacial score (nSPS) is 20.4. The number of aromatic nitrogens is 1. The number of nitrogens with two attached hydrogens (primary N) is 1. The van der Waals surface area contributed by atoms with E-state index in [1.165, 1.54) is 38.5 Å². The van der Waals surface area contributed by atoms with E-state index in [-0.39, 0.29) is 12.5 Å². The molecule has 2 saturated heterocycles. The fourth-order valence-electron chi connectivity index (χ4n) is 5.51. The topological polar surface area (TPSA) is 51.1 Å². The number of rotatable bonds is 4. The first-order valence-electron chi connectivity index (χ1n) is 15.1. The van der Waals surface area contributed by atoms with Crippen molar-refractivity contribution in [1.82, 2.24) is 4.90 Å². The van der Waals surface area contributed by atoms with Crippen LogP contribution in [0.1, 0.15) is 88.3 Å². The predicted molar refractivity (Wildman–Crippen MR) is 174 cm³/mol. The van der Waals surface area contributed by atoms with Crippen LogP contribution in [0.5, 0.6) is 0 Å². The Bertz CT molecular complexity index is 976. The summed E-state index contributed by atoms with van der Waals surface area (Å²) in [4.78, 5) is 17.8. The van der Waals surface area contributed by atoms with Gasteiger partial charge in [0.25, 0.3) is 11.1 Å². The van der Waals surface area contributed by atoms with E-state index in [1.54, 1.807) is 11.0 Å². The lowest BCUT2D eigenvalue weighted by Crippen LogP contribution is -2.83. The van der Waals surface area contributed by atoms with Gasteiger partial charge in [0.15, 0.2) is 5.69 Å². The Morgan fingerprint density at radius 3 is 1.79 bits per heavy atom. The van der Waals surface area contributed by atoms with Crippen molar-refractivity contribution < 1.29 is 19.5 Å². The van der Waals surface area contributed by atoms with Crippen molar-refractivity contribution in [2.24, 2.45) is 0 Å². The SMILES string of the molecule is C#C.C#C.C#C.C1CCCCC1.CCCc1[nH+]c(Cl)ccc1[C@@H]1C[NH2+]CC1(F)C(=O)N1CCCCC1.c1ccccc1. The summed E-state index contributed by atoms with van der Waals surface area (Å²) in [6, 6.07) is 15.7. The first kappa shape index (κ1) is 38.7. The summed E-state index contributed by atoms with van der Waals surface area (Å²) in [6.45, 7) is 4.27. The number of carbonyl (C=O) groups excluding carboxylic acids is 1. The molecule has 228 valence electrons. The van der Waals surface area contributed by atoms with Gasteiger partial charge in [-0.05, 0) is 43.4 Å². The largest absolute Gasteiger partial charge is 0.342 e. The highest BCUT2D eigenvalue weighted by molar-refractivity contribution is 6.28. The molecule has 0 bridgehead atoms. The number of piperidine rings is 1. The number of terminal acetylenes is 3. The van der Waals surface area contributed by atoms with Crippen molar-refractivity contribution in [1.29, 1.82) is 0 Å². The number of nitrogens with one attached hydrogen (secondary N) is 1. The summed E-state index contributed by atoms with van der Waals surface area (Å²) in [5.41, 5.74) is 0.0447. The lowest BCUT2D eigenvalue weighted by molar-refractivity contribution is -0.640. The van der Waals surface area contributed by atoms with Gasteiger partial charge in [0.2, 0.25) is 5.67 Å². The molecule has 1 amide bonds. The molecule has 1 aromatic carbocycles. The number of benzene rings is 1. The van der Waals surface area contributed by atoms with Crippen molar-refractivity contribution in [3.63, 3.8) is 0 Å². The fraction of sp³-hybridized carbons (Fsp3) is 0.500. The Morgan fingerprint density at radius 2 is 1.33 bits per heavy atom. The van der Waals surface area contributed by atoms with Crippen LogP contribution in [-0.2, 0) is 11.2 Å². The van der Waals surface area contributed by atoms with E-state index in [0.717, 1.165) is 43.4 Å². The highest BCUT2D eigenvalue weighted by Gasteiger charge is 2.56. The molecule has 3 aliphatic rings.